The number of benzene rings is 1. The third-order valence-electron chi connectivity index (χ3n) is 5.52. The molecule has 8 nitrogen and oxygen atoms in total. The molecule has 0 atom stereocenters. The first-order valence-corrected chi connectivity index (χ1v) is 11.8. The van der Waals surface area contributed by atoms with Crippen LogP contribution in [0.5, 0.6) is 0 Å². The minimum atomic E-state index is -3.58. The Morgan fingerprint density at radius 2 is 1.65 bits per heavy atom. The van der Waals surface area contributed by atoms with Gasteiger partial charge in [0.2, 0.25) is 10.0 Å². The van der Waals surface area contributed by atoms with Crippen LogP contribution in [-0.4, -0.2) is 66.9 Å². The van der Waals surface area contributed by atoms with Crippen LogP contribution in [0.3, 0.4) is 0 Å². The molecular weight excluding hydrogens is 418 g/mol. The van der Waals surface area contributed by atoms with Crippen LogP contribution in [-0.2, 0) is 19.6 Å². The fourth-order valence-electron chi connectivity index (χ4n) is 3.99. The van der Waals surface area contributed by atoms with Gasteiger partial charge < -0.3 is 14.2 Å². The number of aromatic nitrogens is 1. The van der Waals surface area contributed by atoms with Gasteiger partial charge in [0.15, 0.2) is 6.61 Å². The van der Waals surface area contributed by atoms with Crippen LogP contribution in [0.1, 0.15) is 41.6 Å². The number of carbonyl (C=O) groups is 2. The zero-order valence-electron chi connectivity index (χ0n) is 18.4. The highest BCUT2D eigenvalue weighted by atomic mass is 32.2. The first kappa shape index (κ1) is 23.0. The van der Waals surface area contributed by atoms with Gasteiger partial charge in [0, 0.05) is 43.6 Å². The molecular formula is C22H29N3O5S. The SMILES string of the molecule is Cc1cc(C(=O)OCC(=O)N2CCN(S(=O)(=O)c3ccccc3)CC2)c(C)n1C(C)C. The average molecular weight is 448 g/mol. The molecule has 0 aliphatic carbocycles. The average Bonchev–Trinajstić information content (AvgIpc) is 3.06. The number of rotatable bonds is 6. The Labute approximate surface area is 183 Å². The summed E-state index contributed by atoms with van der Waals surface area (Å²) < 4.78 is 34.1. The van der Waals surface area contributed by atoms with E-state index in [0.29, 0.717) is 5.56 Å². The molecule has 1 aliphatic heterocycles. The molecule has 9 heteroatoms. The van der Waals surface area contributed by atoms with E-state index in [2.05, 4.69) is 0 Å². The van der Waals surface area contributed by atoms with Gasteiger partial charge >= 0.3 is 5.97 Å². The summed E-state index contributed by atoms with van der Waals surface area (Å²) in [4.78, 5) is 26.8. The summed E-state index contributed by atoms with van der Waals surface area (Å²) in [5.74, 6) is -0.860. The molecule has 0 unspecified atom stereocenters. The van der Waals surface area contributed by atoms with Gasteiger partial charge in [-0.05, 0) is 45.9 Å². The standard InChI is InChI=1S/C22H29N3O5S/c1-16(2)25-17(3)14-20(18(25)4)22(27)30-15-21(26)23-10-12-24(13-11-23)31(28,29)19-8-6-5-7-9-19/h5-9,14,16H,10-13,15H2,1-4H3. The maximum atomic E-state index is 12.7. The van der Waals surface area contributed by atoms with Gasteiger partial charge in [0.25, 0.3) is 5.91 Å². The summed E-state index contributed by atoms with van der Waals surface area (Å²) in [5.41, 5.74) is 2.23. The Morgan fingerprint density at radius 1 is 1.03 bits per heavy atom. The Kier molecular flexibility index (Phi) is 6.86. The van der Waals surface area contributed by atoms with Crippen molar-refractivity contribution < 1.29 is 22.7 Å². The molecule has 2 aromatic rings. The fourth-order valence-corrected chi connectivity index (χ4v) is 5.44. The number of ether oxygens (including phenoxy) is 1. The largest absolute Gasteiger partial charge is 0.452 e. The van der Waals surface area contributed by atoms with E-state index in [1.54, 1.807) is 36.4 Å². The van der Waals surface area contributed by atoms with E-state index in [1.807, 2.05) is 32.3 Å². The molecule has 31 heavy (non-hydrogen) atoms. The number of piperazine rings is 1. The maximum absolute atomic E-state index is 12.7. The van der Waals surface area contributed by atoms with Crippen molar-refractivity contribution in [3.8, 4) is 0 Å². The van der Waals surface area contributed by atoms with Crippen molar-refractivity contribution in [1.82, 2.24) is 13.8 Å². The van der Waals surface area contributed by atoms with Crippen molar-refractivity contribution >= 4 is 21.9 Å². The lowest BCUT2D eigenvalue weighted by atomic mass is 10.2. The smallest absolute Gasteiger partial charge is 0.340 e. The van der Waals surface area contributed by atoms with Crippen LogP contribution in [0.15, 0.2) is 41.3 Å². The molecule has 1 aliphatic rings. The number of hydrogen-bond donors (Lipinski definition) is 0. The van der Waals surface area contributed by atoms with Crippen LogP contribution >= 0.6 is 0 Å². The molecule has 1 amide bonds. The third kappa shape index (κ3) is 4.83. The Balaban J connectivity index is 1.55. The molecule has 0 N–H and O–H groups in total. The van der Waals surface area contributed by atoms with Crippen molar-refractivity contribution in [3.63, 3.8) is 0 Å². The summed E-state index contributed by atoms with van der Waals surface area (Å²) >= 11 is 0. The summed E-state index contributed by atoms with van der Waals surface area (Å²) in [6.07, 6.45) is 0. The normalized spacial score (nSPS) is 15.3. The van der Waals surface area contributed by atoms with Crippen molar-refractivity contribution in [2.24, 2.45) is 0 Å². The highest BCUT2D eigenvalue weighted by molar-refractivity contribution is 7.89. The molecule has 3 rings (SSSR count). The molecule has 1 aromatic carbocycles. The van der Waals surface area contributed by atoms with Crippen molar-refractivity contribution in [3.05, 3.63) is 53.3 Å². The van der Waals surface area contributed by atoms with E-state index >= 15 is 0 Å². The van der Waals surface area contributed by atoms with Crippen molar-refractivity contribution in [2.45, 2.75) is 38.6 Å². The van der Waals surface area contributed by atoms with E-state index in [-0.39, 0.29) is 49.6 Å². The fraction of sp³-hybridized carbons (Fsp3) is 0.455. The second-order valence-electron chi connectivity index (χ2n) is 7.92. The molecule has 0 spiro atoms. The maximum Gasteiger partial charge on any atom is 0.340 e. The van der Waals surface area contributed by atoms with E-state index in [9.17, 15) is 18.0 Å². The van der Waals surface area contributed by atoms with Crippen molar-refractivity contribution in [2.75, 3.05) is 32.8 Å². The van der Waals surface area contributed by atoms with E-state index in [0.717, 1.165) is 11.4 Å². The molecule has 0 radical (unpaired) electrons. The summed E-state index contributed by atoms with van der Waals surface area (Å²) in [6, 6.07) is 10.2. The summed E-state index contributed by atoms with van der Waals surface area (Å²) in [5, 5.41) is 0. The van der Waals surface area contributed by atoms with Gasteiger partial charge in [-0.2, -0.15) is 4.31 Å². The van der Waals surface area contributed by atoms with Crippen LogP contribution in [0, 0.1) is 13.8 Å². The lowest BCUT2D eigenvalue weighted by Gasteiger charge is -2.33. The molecule has 1 saturated heterocycles. The minimum Gasteiger partial charge on any atom is -0.452 e. The Morgan fingerprint density at radius 3 is 2.19 bits per heavy atom. The minimum absolute atomic E-state index is 0.201. The van der Waals surface area contributed by atoms with E-state index in [4.69, 9.17) is 4.74 Å². The number of amides is 1. The lowest BCUT2D eigenvalue weighted by molar-refractivity contribution is -0.135. The second kappa shape index (κ2) is 9.23. The first-order valence-electron chi connectivity index (χ1n) is 10.3. The van der Waals surface area contributed by atoms with Gasteiger partial charge in [-0.25, -0.2) is 13.2 Å². The van der Waals surface area contributed by atoms with Crippen molar-refractivity contribution in [1.29, 1.82) is 0 Å². The van der Waals surface area contributed by atoms with E-state index in [1.165, 1.54) is 9.21 Å². The van der Waals surface area contributed by atoms with Crippen LogP contribution in [0.25, 0.3) is 0 Å². The third-order valence-corrected chi connectivity index (χ3v) is 7.43. The molecule has 1 fully saturated rings. The highest BCUT2D eigenvalue weighted by Crippen LogP contribution is 2.21. The van der Waals surface area contributed by atoms with Gasteiger partial charge in [0.05, 0.1) is 10.5 Å². The predicted molar refractivity (Wildman–Crippen MR) is 116 cm³/mol. The number of sulfonamides is 1. The molecule has 2 heterocycles. The topological polar surface area (TPSA) is 88.9 Å². The lowest BCUT2D eigenvalue weighted by Crippen LogP contribution is -2.51. The Bertz CT molecular complexity index is 1050. The number of hydrogen-bond acceptors (Lipinski definition) is 5. The van der Waals surface area contributed by atoms with Crippen LogP contribution in [0.4, 0.5) is 0 Å². The van der Waals surface area contributed by atoms with Gasteiger partial charge in [-0.1, -0.05) is 18.2 Å². The molecule has 0 bridgehead atoms. The number of esters is 1. The van der Waals surface area contributed by atoms with Crippen LogP contribution < -0.4 is 0 Å². The van der Waals surface area contributed by atoms with E-state index < -0.39 is 16.0 Å². The number of nitrogens with zero attached hydrogens (tertiary/aromatic N) is 3. The zero-order valence-corrected chi connectivity index (χ0v) is 19.2. The van der Waals surface area contributed by atoms with Crippen LogP contribution in [0.2, 0.25) is 0 Å². The van der Waals surface area contributed by atoms with Gasteiger partial charge in [-0.15, -0.1) is 0 Å². The summed E-state index contributed by atoms with van der Waals surface area (Å²) in [6.45, 7) is 8.41. The summed E-state index contributed by atoms with van der Waals surface area (Å²) in [7, 11) is -3.58. The molecule has 168 valence electrons. The monoisotopic (exact) mass is 447 g/mol. The highest BCUT2D eigenvalue weighted by Gasteiger charge is 2.30. The number of aryl methyl sites for hydroxylation is 1. The second-order valence-corrected chi connectivity index (χ2v) is 9.86. The number of carbonyl (C=O) groups excluding carboxylic acids is 2. The van der Waals surface area contributed by atoms with Gasteiger partial charge in [-0.3, -0.25) is 4.79 Å². The first-order chi connectivity index (χ1) is 14.6. The molecule has 0 saturated carbocycles. The quantitative estimate of drug-likeness (QED) is 0.635. The Hall–Kier alpha value is -2.65. The predicted octanol–water partition coefficient (Wildman–Crippen LogP) is 2.38. The zero-order chi connectivity index (χ0) is 22.8. The van der Waals surface area contributed by atoms with Gasteiger partial charge in [0.1, 0.15) is 0 Å². The molecule has 1 aromatic heterocycles.